The number of nitrogen functional groups attached to an aromatic ring is 1. The zero-order valence-electron chi connectivity index (χ0n) is 9.20. The highest BCUT2D eigenvalue weighted by Crippen LogP contribution is 2.39. The fraction of sp³-hybridized carbons (Fsp3) is 0.545. The second-order valence-corrected chi connectivity index (χ2v) is 5.54. The zero-order chi connectivity index (χ0) is 11.3. The number of hydrogen-bond donors (Lipinski definition) is 2. The summed E-state index contributed by atoms with van der Waals surface area (Å²) < 4.78 is 1.05. The van der Waals surface area contributed by atoms with E-state index in [0.717, 1.165) is 28.2 Å². The van der Waals surface area contributed by atoms with Gasteiger partial charge in [0.05, 0.1) is 10.2 Å². The number of halogens is 1. The van der Waals surface area contributed by atoms with E-state index in [1.165, 1.54) is 12.8 Å². The Balaban J connectivity index is 1.91. The third-order valence-corrected chi connectivity index (χ3v) is 4.19. The molecular weight excluding hydrogens is 268 g/mol. The van der Waals surface area contributed by atoms with Crippen molar-refractivity contribution in [1.82, 2.24) is 15.1 Å². The molecule has 1 aliphatic heterocycles. The van der Waals surface area contributed by atoms with Crippen molar-refractivity contribution in [2.75, 3.05) is 5.73 Å². The lowest BCUT2D eigenvalue weighted by molar-refractivity contribution is 0.258. The van der Waals surface area contributed by atoms with Crippen LogP contribution in [-0.4, -0.2) is 21.1 Å². The lowest BCUT2D eigenvalue weighted by Crippen LogP contribution is -2.31. The second kappa shape index (κ2) is 3.52. The summed E-state index contributed by atoms with van der Waals surface area (Å²) in [5.41, 5.74) is 8.00. The minimum absolute atomic E-state index is 0.593. The van der Waals surface area contributed by atoms with E-state index in [-0.39, 0.29) is 0 Å². The van der Waals surface area contributed by atoms with Crippen LogP contribution in [0.3, 0.4) is 0 Å². The van der Waals surface area contributed by atoms with Gasteiger partial charge in [-0.2, -0.15) is 5.10 Å². The van der Waals surface area contributed by atoms with Gasteiger partial charge in [0.15, 0.2) is 5.82 Å². The first-order valence-electron chi connectivity index (χ1n) is 5.63. The standard InChI is InChI=1S/C11H15BrN4/c1-6(7-2-3-7)16-4-8-10(9(12)5-16)14-15-11(8)13/h5-7H,2-4H2,1H3,(H3,13,14,15)/t6-/m1/s1. The SMILES string of the molecule is C[C@H](C1CC1)N1C=C(Br)c2[nH]nc(N)c2C1. The fourth-order valence-electron chi connectivity index (χ4n) is 2.29. The summed E-state index contributed by atoms with van der Waals surface area (Å²) in [5.74, 6) is 1.47. The van der Waals surface area contributed by atoms with Crippen molar-refractivity contribution in [3.63, 3.8) is 0 Å². The predicted molar refractivity (Wildman–Crippen MR) is 67.6 cm³/mol. The van der Waals surface area contributed by atoms with E-state index in [4.69, 9.17) is 5.73 Å². The Kier molecular flexibility index (Phi) is 2.24. The largest absolute Gasteiger partial charge is 0.382 e. The summed E-state index contributed by atoms with van der Waals surface area (Å²) in [7, 11) is 0. The molecule has 3 N–H and O–H groups in total. The van der Waals surface area contributed by atoms with Gasteiger partial charge >= 0.3 is 0 Å². The Morgan fingerprint density at radius 3 is 3.06 bits per heavy atom. The van der Waals surface area contributed by atoms with Crippen molar-refractivity contribution in [3.8, 4) is 0 Å². The van der Waals surface area contributed by atoms with Crippen molar-refractivity contribution in [2.24, 2.45) is 5.92 Å². The maximum absolute atomic E-state index is 5.86. The summed E-state index contributed by atoms with van der Waals surface area (Å²) in [5, 5.41) is 7.02. The Morgan fingerprint density at radius 2 is 2.38 bits per heavy atom. The van der Waals surface area contributed by atoms with Gasteiger partial charge in [0.2, 0.25) is 0 Å². The normalized spacial score (nSPS) is 21.6. The van der Waals surface area contributed by atoms with Crippen molar-refractivity contribution >= 4 is 26.2 Å². The van der Waals surface area contributed by atoms with Crippen molar-refractivity contribution < 1.29 is 0 Å². The summed E-state index contributed by atoms with van der Waals surface area (Å²) in [4.78, 5) is 2.36. The number of nitrogens with one attached hydrogen (secondary N) is 1. The van der Waals surface area contributed by atoms with Crippen LogP contribution in [0.4, 0.5) is 5.82 Å². The van der Waals surface area contributed by atoms with Gasteiger partial charge in [0.1, 0.15) is 0 Å². The number of rotatable bonds is 2. The molecule has 0 radical (unpaired) electrons. The first-order valence-corrected chi connectivity index (χ1v) is 6.42. The number of fused-ring (bicyclic) bond motifs is 1. The van der Waals surface area contributed by atoms with Crippen LogP contribution in [0.1, 0.15) is 31.0 Å². The number of nitrogens with two attached hydrogens (primary N) is 1. The van der Waals surface area contributed by atoms with Gasteiger partial charge in [-0.25, -0.2) is 0 Å². The van der Waals surface area contributed by atoms with Crippen molar-refractivity contribution in [2.45, 2.75) is 32.4 Å². The van der Waals surface area contributed by atoms with E-state index < -0.39 is 0 Å². The maximum atomic E-state index is 5.86. The van der Waals surface area contributed by atoms with E-state index in [1.54, 1.807) is 0 Å². The van der Waals surface area contributed by atoms with Crippen LogP contribution in [-0.2, 0) is 6.54 Å². The van der Waals surface area contributed by atoms with Gasteiger partial charge in [-0.15, -0.1) is 0 Å². The predicted octanol–water partition coefficient (Wildman–Crippen LogP) is 2.30. The number of anilines is 1. The van der Waals surface area contributed by atoms with E-state index in [2.05, 4.69) is 44.2 Å². The first-order chi connectivity index (χ1) is 7.66. The Morgan fingerprint density at radius 1 is 1.62 bits per heavy atom. The molecular formula is C11H15BrN4. The molecule has 86 valence electrons. The molecule has 1 saturated carbocycles. The molecule has 1 fully saturated rings. The number of H-pyrrole nitrogens is 1. The quantitative estimate of drug-likeness (QED) is 0.875. The molecule has 2 heterocycles. The molecule has 3 rings (SSSR count). The summed E-state index contributed by atoms with van der Waals surface area (Å²) in [6, 6.07) is 0.593. The molecule has 4 nitrogen and oxygen atoms in total. The Bertz CT molecular complexity index is 447. The molecule has 1 atom stereocenters. The third kappa shape index (κ3) is 1.54. The van der Waals surface area contributed by atoms with Crippen LogP contribution >= 0.6 is 15.9 Å². The summed E-state index contributed by atoms with van der Waals surface area (Å²) in [6.07, 6.45) is 4.87. The van der Waals surface area contributed by atoms with Gasteiger partial charge in [-0.3, -0.25) is 5.10 Å². The summed E-state index contributed by atoms with van der Waals surface area (Å²) in [6.45, 7) is 3.15. The monoisotopic (exact) mass is 282 g/mol. The number of aromatic amines is 1. The number of hydrogen-bond acceptors (Lipinski definition) is 3. The second-order valence-electron chi connectivity index (χ2n) is 4.69. The van der Waals surface area contributed by atoms with Crippen LogP contribution in [0.25, 0.3) is 4.48 Å². The molecule has 0 unspecified atom stereocenters. The van der Waals surface area contributed by atoms with Gasteiger partial charge in [-0.05, 0) is 41.6 Å². The molecule has 2 aliphatic rings. The van der Waals surface area contributed by atoms with Crippen molar-refractivity contribution in [1.29, 1.82) is 0 Å². The van der Waals surface area contributed by atoms with E-state index in [9.17, 15) is 0 Å². The van der Waals surface area contributed by atoms with E-state index in [0.29, 0.717) is 11.9 Å². The van der Waals surface area contributed by atoms with Gasteiger partial charge in [-0.1, -0.05) is 0 Å². The van der Waals surface area contributed by atoms with E-state index in [1.807, 2.05) is 0 Å². The maximum Gasteiger partial charge on any atom is 0.150 e. The van der Waals surface area contributed by atoms with Gasteiger partial charge < -0.3 is 10.6 Å². The van der Waals surface area contributed by atoms with Crippen LogP contribution in [0.5, 0.6) is 0 Å². The number of nitrogens with zero attached hydrogens (tertiary/aromatic N) is 2. The van der Waals surface area contributed by atoms with Crippen molar-refractivity contribution in [3.05, 3.63) is 17.5 Å². The van der Waals surface area contributed by atoms with Crippen LogP contribution < -0.4 is 5.73 Å². The summed E-state index contributed by atoms with van der Waals surface area (Å²) >= 11 is 3.57. The van der Waals surface area contributed by atoms with Gasteiger partial charge in [0.25, 0.3) is 0 Å². The highest BCUT2D eigenvalue weighted by Gasteiger charge is 2.33. The topological polar surface area (TPSA) is 57.9 Å². The highest BCUT2D eigenvalue weighted by molar-refractivity contribution is 9.15. The van der Waals surface area contributed by atoms with Crippen LogP contribution in [0, 0.1) is 5.92 Å². The molecule has 16 heavy (non-hydrogen) atoms. The molecule has 0 bridgehead atoms. The Labute approximate surface area is 103 Å². The minimum Gasteiger partial charge on any atom is -0.382 e. The molecule has 1 aromatic rings. The molecule has 0 spiro atoms. The lowest BCUT2D eigenvalue weighted by atomic mass is 10.1. The Hall–Kier alpha value is -0.970. The molecule has 0 aromatic carbocycles. The molecule has 0 amide bonds. The number of aromatic nitrogens is 2. The lowest BCUT2D eigenvalue weighted by Gasteiger charge is -2.31. The third-order valence-electron chi connectivity index (χ3n) is 3.59. The zero-order valence-corrected chi connectivity index (χ0v) is 10.8. The molecule has 5 heteroatoms. The van der Waals surface area contributed by atoms with Crippen LogP contribution in [0.2, 0.25) is 0 Å². The highest BCUT2D eigenvalue weighted by atomic mass is 79.9. The van der Waals surface area contributed by atoms with Gasteiger partial charge in [0, 0.05) is 24.4 Å². The smallest absolute Gasteiger partial charge is 0.150 e. The average Bonchev–Trinajstić information content (AvgIpc) is 3.04. The van der Waals surface area contributed by atoms with E-state index >= 15 is 0 Å². The average molecular weight is 283 g/mol. The fourth-order valence-corrected chi connectivity index (χ4v) is 2.88. The minimum atomic E-state index is 0.593. The molecule has 1 aliphatic carbocycles. The molecule has 1 aromatic heterocycles. The molecule has 0 saturated heterocycles. The van der Waals surface area contributed by atoms with Crippen LogP contribution in [0.15, 0.2) is 6.20 Å². The first kappa shape index (κ1) is 10.2.